The summed E-state index contributed by atoms with van der Waals surface area (Å²) in [6.07, 6.45) is 1.16. The maximum Gasteiger partial charge on any atom is 0.311 e. The normalized spacial score (nSPS) is 12.0. The molecule has 0 saturated heterocycles. The van der Waals surface area contributed by atoms with Gasteiger partial charge >= 0.3 is 5.97 Å². The fourth-order valence-corrected chi connectivity index (χ4v) is 4.71. The zero-order valence-corrected chi connectivity index (χ0v) is 17.1. The van der Waals surface area contributed by atoms with Gasteiger partial charge in [-0.05, 0) is 26.7 Å². The van der Waals surface area contributed by atoms with Gasteiger partial charge in [-0.2, -0.15) is 0 Å². The summed E-state index contributed by atoms with van der Waals surface area (Å²) < 4.78 is 15.8. The predicted octanol–water partition coefficient (Wildman–Crippen LogP) is 4.62. The minimum atomic E-state index is -0.787. The van der Waals surface area contributed by atoms with Crippen LogP contribution in [0.2, 0.25) is 0 Å². The van der Waals surface area contributed by atoms with Gasteiger partial charge in [0.05, 0.1) is 26.7 Å². The molecular formula is C19H30O5S. The molecule has 1 N–H and O–H groups in total. The highest BCUT2D eigenvalue weighted by Gasteiger charge is 2.49. The zero-order chi connectivity index (χ0) is 19.3. The molecule has 0 radical (unpaired) electrons. The fourth-order valence-electron chi connectivity index (χ4n) is 3.27. The summed E-state index contributed by atoms with van der Waals surface area (Å²) >= 11 is 1.61. The number of aliphatic carboxylic acids is 1. The van der Waals surface area contributed by atoms with Crippen LogP contribution in [0.3, 0.4) is 0 Å². The number of hydrogen-bond acceptors (Lipinski definition) is 5. The van der Waals surface area contributed by atoms with Crippen LogP contribution < -0.4 is 14.2 Å². The molecule has 0 aliphatic carbocycles. The molecule has 5 nitrogen and oxygen atoms in total. The lowest BCUT2D eigenvalue weighted by Crippen LogP contribution is -2.46. The van der Waals surface area contributed by atoms with Crippen molar-refractivity contribution < 1.29 is 24.1 Å². The number of thioether (sulfide) groups is 1. The molecule has 0 spiro atoms. The number of carbonyl (C=O) groups is 1. The molecule has 0 fully saturated rings. The van der Waals surface area contributed by atoms with Crippen molar-refractivity contribution in [1.82, 2.24) is 0 Å². The maximum absolute atomic E-state index is 12.0. The monoisotopic (exact) mass is 370 g/mol. The third kappa shape index (κ3) is 4.17. The Morgan fingerprint density at radius 2 is 1.52 bits per heavy atom. The molecule has 25 heavy (non-hydrogen) atoms. The second-order valence-electron chi connectivity index (χ2n) is 6.40. The molecule has 142 valence electrons. The smallest absolute Gasteiger partial charge is 0.311 e. The van der Waals surface area contributed by atoms with Gasteiger partial charge in [0, 0.05) is 28.2 Å². The van der Waals surface area contributed by atoms with Gasteiger partial charge in [-0.15, -0.1) is 11.8 Å². The Labute approximate surface area is 155 Å². The Hall–Kier alpha value is -1.56. The molecule has 6 heteroatoms. The number of benzene rings is 1. The van der Waals surface area contributed by atoms with Crippen molar-refractivity contribution in [2.24, 2.45) is 5.41 Å². The third-order valence-corrected chi connectivity index (χ3v) is 6.71. The maximum atomic E-state index is 12.0. The molecule has 1 rings (SSSR count). The van der Waals surface area contributed by atoms with Crippen molar-refractivity contribution in [3.05, 3.63) is 17.7 Å². The van der Waals surface area contributed by atoms with Gasteiger partial charge in [-0.3, -0.25) is 4.79 Å². The topological polar surface area (TPSA) is 65.0 Å². The zero-order valence-electron chi connectivity index (χ0n) is 16.3. The molecule has 0 saturated carbocycles. The van der Waals surface area contributed by atoms with Crippen LogP contribution in [0.15, 0.2) is 12.1 Å². The van der Waals surface area contributed by atoms with Crippen LogP contribution in [0, 0.1) is 5.41 Å². The van der Waals surface area contributed by atoms with Crippen molar-refractivity contribution in [1.29, 1.82) is 0 Å². The summed E-state index contributed by atoms with van der Waals surface area (Å²) in [7, 11) is 4.80. The minimum Gasteiger partial charge on any atom is -0.496 e. The number of ether oxygens (including phenoxy) is 3. The molecule has 0 heterocycles. The van der Waals surface area contributed by atoms with Gasteiger partial charge in [-0.25, -0.2) is 0 Å². The Morgan fingerprint density at radius 3 is 1.84 bits per heavy atom. The Bertz CT molecular complexity index is 568. The van der Waals surface area contributed by atoms with Crippen LogP contribution >= 0.6 is 11.8 Å². The predicted molar refractivity (Wildman–Crippen MR) is 102 cm³/mol. The fraction of sp³-hybridized carbons (Fsp3) is 0.632. The van der Waals surface area contributed by atoms with Crippen molar-refractivity contribution in [3.8, 4) is 17.2 Å². The first kappa shape index (κ1) is 21.5. The van der Waals surface area contributed by atoms with Crippen molar-refractivity contribution in [3.63, 3.8) is 0 Å². The van der Waals surface area contributed by atoms with Crippen molar-refractivity contribution in [2.45, 2.75) is 51.0 Å². The van der Waals surface area contributed by atoms with Crippen molar-refractivity contribution >= 4 is 17.7 Å². The number of rotatable bonds is 10. The lowest BCUT2D eigenvalue weighted by Gasteiger charge is -2.42. The average molecular weight is 371 g/mol. The highest BCUT2D eigenvalue weighted by atomic mass is 32.2. The van der Waals surface area contributed by atoms with Gasteiger partial charge in [0.15, 0.2) is 0 Å². The van der Waals surface area contributed by atoms with E-state index < -0.39 is 16.1 Å². The molecule has 0 unspecified atom stereocenters. The standard InChI is InChI=1S/C19H30O5S/c1-8-19(9-2,17(20)21)18(3,4)25-12-14-15(23-6)10-13(22-5)11-16(14)24-7/h10-11H,8-9,12H2,1-7H3,(H,20,21). The lowest BCUT2D eigenvalue weighted by molar-refractivity contribution is -0.151. The molecule has 0 atom stereocenters. The summed E-state index contributed by atoms with van der Waals surface area (Å²) in [5.74, 6) is 1.84. The van der Waals surface area contributed by atoms with E-state index in [9.17, 15) is 9.90 Å². The van der Waals surface area contributed by atoms with E-state index >= 15 is 0 Å². The number of hydrogen-bond donors (Lipinski definition) is 1. The van der Waals surface area contributed by atoms with Crippen LogP contribution in [-0.4, -0.2) is 37.2 Å². The second kappa shape index (κ2) is 8.70. The van der Waals surface area contributed by atoms with Gasteiger partial charge in [0.2, 0.25) is 0 Å². The summed E-state index contributed by atoms with van der Waals surface area (Å²) in [5, 5.41) is 9.85. The van der Waals surface area contributed by atoms with Gasteiger partial charge in [-0.1, -0.05) is 13.8 Å². The van der Waals surface area contributed by atoms with E-state index in [4.69, 9.17) is 14.2 Å². The van der Waals surface area contributed by atoms with E-state index in [1.54, 1.807) is 33.1 Å². The quantitative estimate of drug-likeness (QED) is 0.648. The van der Waals surface area contributed by atoms with Crippen molar-refractivity contribution in [2.75, 3.05) is 21.3 Å². The van der Waals surface area contributed by atoms with Crippen LogP contribution in [0.4, 0.5) is 0 Å². The summed E-state index contributed by atoms with van der Waals surface area (Å²) in [4.78, 5) is 12.0. The average Bonchev–Trinajstić information content (AvgIpc) is 2.60. The van der Waals surface area contributed by atoms with E-state index in [0.29, 0.717) is 35.8 Å². The number of carboxylic acid groups (broad SMARTS) is 1. The van der Waals surface area contributed by atoms with E-state index in [-0.39, 0.29) is 0 Å². The van der Waals surface area contributed by atoms with Crippen LogP contribution in [0.5, 0.6) is 17.2 Å². The molecule has 0 aliphatic rings. The van der Waals surface area contributed by atoms with E-state index in [2.05, 4.69) is 0 Å². The molecule has 1 aromatic carbocycles. The molecule has 0 aromatic heterocycles. The molecule has 0 amide bonds. The molecular weight excluding hydrogens is 340 g/mol. The summed E-state index contributed by atoms with van der Waals surface area (Å²) in [5.41, 5.74) is 0.111. The first-order valence-corrected chi connectivity index (χ1v) is 9.37. The lowest BCUT2D eigenvalue weighted by atomic mass is 9.72. The first-order valence-electron chi connectivity index (χ1n) is 8.39. The Balaban J connectivity index is 3.20. The molecule has 0 bridgehead atoms. The van der Waals surface area contributed by atoms with E-state index in [1.165, 1.54) is 0 Å². The first-order chi connectivity index (χ1) is 11.7. The minimum absolute atomic E-state index is 0.460. The number of methoxy groups -OCH3 is 3. The second-order valence-corrected chi connectivity index (χ2v) is 8.00. The Morgan fingerprint density at radius 1 is 1.04 bits per heavy atom. The molecule has 0 aliphatic heterocycles. The van der Waals surface area contributed by atoms with E-state index in [0.717, 1.165) is 5.56 Å². The largest absolute Gasteiger partial charge is 0.496 e. The third-order valence-electron chi connectivity index (χ3n) is 5.16. The van der Waals surface area contributed by atoms with Crippen LogP contribution in [0.25, 0.3) is 0 Å². The van der Waals surface area contributed by atoms with E-state index in [1.807, 2.05) is 39.8 Å². The van der Waals surface area contributed by atoms with Gasteiger partial charge in [0.1, 0.15) is 17.2 Å². The highest BCUT2D eigenvalue weighted by Crippen LogP contribution is 2.49. The SMILES string of the molecule is CCC(CC)(C(=O)O)C(C)(C)SCc1c(OC)cc(OC)cc1OC. The number of carboxylic acids is 1. The van der Waals surface area contributed by atoms with Crippen LogP contribution in [0.1, 0.15) is 46.1 Å². The molecule has 1 aromatic rings. The Kier molecular flexibility index (Phi) is 7.47. The van der Waals surface area contributed by atoms with Gasteiger partial charge < -0.3 is 19.3 Å². The van der Waals surface area contributed by atoms with Crippen LogP contribution in [-0.2, 0) is 10.5 Å². The summed E-state index contributed by atoms with van der Waals surface area (Å²) in [6, 6.07) is 3.63. The van der Waals surface area contributed by atoms with Gasteiger partial charge in [0.25, 0.3) is 0 Å². The summed E-state index contributed by atoms with van der Waals surface area (Å²) in [6.45, 7) is 7.88. The highest BCUT2D eigenvalue weighted by molar-refractivity contribution is 7.99.